The van der Waals surface area contributed by atoms with Crippen LogP contribution < -0.4 is 26.6 Å². The molecule has 332 valence electrons. The van der Waals surface area contributed by atoms with Crippen LogP contribution in [-0.4, -0.2) is 81.5 Å². The first-order valence-electron chi connectivity index (χ1n) is 21.4. The summed E-state index contributed by atoms with van der Waals surface area (Å²) < 4.78 is 0. The van der Waals surface area contributed by atoms with Gasteiger partial charge in [0.25, 0.3) is 0 Å². The Morgan fingerprint density at radius 3 is 1.66 bits per heavy atom. The fourth-order valence-electron chi connectivity index (χ4n) is 7.19. The third-order valence-corrected chi connectivity index (χ3v) is 11.1. The first-order chi connectivity index (χ1) is 28.9. The van der Waals surface area contributed by atoms with Crippen LogP contribution in [-0.2, 0) is 48.0 Å². The van der Waals surface area contributed by atoms with Crippen molar-refractivity contribution in [2.45, 2.75) is 130 Å². The molecule has 0 saturated heterocycles. The van der Waals surface area contributed by atoms with E-state index in [1.54, 1.807) is 58.9 Å². The van der Waals surface area contributed by atoms with Crippen molar-refractivity contribution in [3.05, 3.63) is 108 Å². The molecular formula is C48H67N5O8. The summed E-state index contributed by atoms with van der Waals surface area (Å²) in [4.78, 5) is 81.4. The summed E-state index contributed by atoms with van der Waals surface area (Å²) in [6, 6.07) is 23.2. The summed E-state index contributed by atoms with van der Waals surface area (Å²) >= 11 is 0. The van der Waals surface area contributed by atoms with Crippen molar-refractivity contribution in [2.75, 3.05) is 0 Å². The van der Waals surface area contributed by atoms with Gasteiger partial charge in [0.1, 0.15) is 23.7 Å². The number of nitrogens with one attached hydrogen (secondary N) is 5. The lowest BCUT2D eigenvalue weighted by atomic mass is 9.80. The molecule has 0 aliphatic heterocycles. The van der Waals surface area contributed by atoms with Crippen LogP contribution in [0.5, 0.6) is 0 Å². The van der Waals surface area contributed by atoms with Crippen LogP contribution in [0.15, 0.2) is 91.0 Å². The van der Waals surface area contributed by atoms with Crippen molar-refractivity contribution in [2.24, 2.45) is 23.7 Å². The van der Waals surface area contributed by atoms with Crippen molar-refractivity contribution < 1.29 is 39.0 Å². The maximum absolute atomic E-state index is 14.1. The molecule has 13 nitrogen and oxygen atoms in total. The third kappa shape index (κ3) is 15.4. The second-order valence-electron chi connectivity index (χ2n) is 17.2. The molecular weight excluding hydrogens is 775 g/mol. The smallest absolute Gasteiger partial charge is 0.330 e. The van der Waals surface area contributed by atoms with Gasteiger partial charge in [0.15, 0.2) is 0 Å². The minimum absolute atomic E-state index is 0.0203. The van der Waals surface area contributed by atoms with Gasteiger partial charge in [-0.2, -0.15) is 0 Å². The zero-order chi connectivity index (χ0) is 45.3. The molecule has 0 saturated carbocycles. The minimum atomic E-state index is -1.68. The highest BCUT2D eigenvalue weighted by molar-refractivity contribution is 5.94. The van der Waals surface area contributed by atoms with Crippen molar-refractivity contribution in [1.82, 2.24) is 26.6 Å². The van der Waals surface area contributed by atoms with Crippen molar-refractivity contribution >= 4 is 35.5 Å². The molecule has 7 atom stereocenters. The molecule has 5 amide bonds. The first-order valence-corrected chi connectivity index (χ1v) is 21.4. The fourth-order valence-corrected chi connectivity index (χ4v) is 7.19. The van der Waals surface area contributed by atoms with E-state index < -0.39 is 89.6 Å². The molecule has 0 fully saturated rings. The molecule has 7 N–H and O–H groups in total. The summed E-state index contributed by atoms with van der Waals surface area (Å²) in [6.07, 6.45) is -0.889. The van der Waals surface area contributed by atoms with Crippen molar-refractivity contribution in [3.8, 4) is 0 Å². The molecule has 61 heavy (non-hydrogen) atoms. The number of amides is 5. The second-order valence-corrected chi connectivity index (χ2v) is 17.2. The number of rotatable bonds is 24. The molecule has 3 unspecified atom stereocenters. The van der Waals surface area contributed by atoms with Crippen molar-refractivity contribution in [3.63, 3.8) is 0 Å². The summed E-state index contributed by atoms with van der Waals surface area (Å²) in [6.45, 7) is 14.5. The molecule has 13 heteroatoms. The Kier molecular flexibility index (Phi) is 19.6. The molecule has 3 rings (SSSR count). The van der Waals surface area contributed by atoms with E-state index in [0.29, 0.717) is 12.8 Å². The van der Waals surface area contributed by atoms with E-state index >= 15 is 0 Å². The maximum atomic E-state index is 14.1. The van der Waals surface area contributed by atoms with Crippen LogP contribution >= 0.6 is 0 Å². The number of hydrogen-bond donors (Lipinski definition) is 7. The van der Waals surface area contributed by atoms with Gasteiger partial charge < -0.3 is 36.8 Å². The highest BCUT2D eigenvalue weighted by Gasteiger charge is 2.45. The van der Waals surface area contributed by atoms with Gasteiger partial charge in [0, 0.05) is 6.42 Å². The Morgan fingerprint density at radius 2 is 1.16 bits per heavy atom. The number of aliphatic carboxylic acids is 1. The van der Waals surface area contributed by atoms with E-state index in [9.17, 15) is 39.0 Å². The lowest BCUT2D eigenvalue weighted by Gasteiger charge is -2.37. The third-order valence-electron chi connectivity index (χ3n) is 11.1. The van der Waals surface area contributed by atoms with Crippen LogP contribution in [0.3, 0.4) is 0 Å². The van der Waals surface area contributed by atoms with E-state index in [-0.39, 0.29) is 31.1 Å². The van der Waals surface area contributed by atoms with Crippen molar-refractivity contribution in [1.29, 1.82) is 0 Å². The largest absolute Gasteiger partial charge is 0.479 e. The SMILES string of the molecule is CC[C@H](C)[C@H](NC(=O)C[C@H](O)[C@H](Cc1ccccc1)NC(=O)C(NC(=O)C(CC(C)C)NC(=O)Cc1ccccc1)C(C)C)C(=O)NC(Cc1ccccc1)(C(=O)O)C(C)C. The standard InChI is InChI=1S/C48H67N5O8/c1-9-33(8)43(46(59)53-48(32(6)7,47(60)61)29-36-23-17-12-18-24-36)51-41(56)28-39(54)37(26-34-19-13-10-14-20-34)50-45(58)42(31(4)5)52-44(57)38(25-30(2)3)49-40(55)27-35-21-15-11-16-22-35/h10-24,30-33,37-39,42-43,54H,9,25-29H2,1-8H3,(H,49,55)(H,50,58)(H,51,56)(H,52,57)(H,53,59)(H,60,61)/t33-,37-,38?,39-,42?,43-,48?/m0/s1. The van der Waals surface area contributed by atoms with Gasteiger partial charge in [-0.15, -0.1) is 0 Å². The van der Waals surface area contributed by atoms with Gasteiger partial charge in [-0.05, 0) is 53.2 Å². The normalized spacial score (nSPS) is 15.3. The quantitative estimate of drug-likeness (QED) is 0.0670. The van der Waals surface area contributed by atoms with Crippen LogP contribution in [0.25, 0.3) is 0 Å². The van der Waals surface area contributed by atoms with Crippen LogP contribution in [0, 0.1) is 23.7 Å². The summed E-state index contributed by atoms with van der Waals surface area (Å²) in [5.41, 5.74) is 0.607. The second kappa shape index (κ2) is 24.0. The molecule has 0 aliphatic rings. The Hall–Kier alpha value is -5.56. The van der Waals surface area contributed by atoms with E-state index in [1.165, 1.54) is 0 Å². The Labute approximate surface area is 361 Å². The predicted molar refractivity (Wildman–Crippen MR) is 236 cm³/mol. The van der Waals surface area contributed by atoms with Crippen LogP contribution in [0.1, 0.15) is 91.3 Å². The van der Waals surface area contributed by atoms with Gasteiger partial charge in [0.2, 0.25) is 29.5 Å². The molecule has 0 bridgehead atoms. The Bertz CT molecular complexity index is 1870. The number of aliphatic hydroxyl groups is 1. The van der Waals surface area contributed by atoms with Gasteiger partial charge in [0.05, 0.1) is 25.0 Å². The average Bonchev–Trinajstić information content (AvgIpc) is 3.21. The highest BCUT2D eigenvalue weighted by Crippen LogP contribution is 2.25. The maximum Gasteiger partial charge on any atom is 0.330 e. The molecule has 0 spiro atoms. The average molecular weight is 842 g/mol. The fraction of sp³-hybridized carbons (Fsp3) is 0.500. The van der Waals surface area contributed by atoms with E-state index in [1.807, 2.05) is 87.5 Å². The number of benzene rings is 3. The molecule has 0 radical (unpaired) electrons. The Morgan fingerprint density at radius 1 is 0.623 bits per heavy atom. The number of carbonyl (C=O) groups is 6. The molecule has 0 aromatic heterocycles. The summed E-state index contributed by atoms with van der Waals surface area (Å²) in [5, 5.41) is 36.2. The summed E-state index contributed by atoms with van der Waals surface area (Å²) in [5.74, 6) is -5.27. The van der Waals surface area contributed by atoms with Gasteiger partial charge >= 0.3 is 5.97 Å². The zero-order valence-electron chi connectivity index (χ0n) is 36.9. The topological polar surface area (TPSA) is 203 Å². The first kappa shape index (κ1) is 49.8. The van der Waals surface area contributed by atoms with Gasteiger partial charge in [-0.3, -0.25) is 24.0 Å². The predicted octanol–water partition coefficient (Wildman–Crippen LogP) is 4.75. The lowest BCUT2D eigenvalue weighted by molar-refractivity contribution is -0.150. The molecule has 0 aliphatic carbocycles. The van der Waals surface area contributed by atoms with E-state index in [2.05, 4.69) is 26.6 Å². The number of carbonyl (C=O) groups excluding carboxylic acids is 5. The zero-order valence-corrected chi connectivity index (χ0v) is 36.9. The number of aliphatic hydroxyl groups excluding tert-OH is 1. The number of carboxylic acids is 1. The van der Waals surface area contributed by atoms with E-state index in [0.717, 1.165) is 16.7 Å². The van der Waals surface area contributed by atoms with Gasteiger partial charge in [-0.25, -0.2) is 4.79 Å². The molecule has 3 aromatic carbocycles. The number of carboxylic acid groups (broad SMARTS) is 1. The summed E-state index contributed by atoms with van der Waals surface area (Å²) in [7, 11) is 0. The molecule has 3 aromatic rings. The lowest BCUT2D eigenvalue weighted by Crippen LogP contribution is -2.64. The van der Waals surface area contributed by atoms with Crippen LogP contribution in [0.2, 0.25) is 0 Å². The highest BCUT2D eigenvalue weighted by atomic mass is 16.4. The minimum Gasteiger partial charge on any atom is -0.479 e. The van der Waals surface area contributed by atoms with E-state index in [4.69, 9.17) is 0 Å². The monoisotopic (exact) mass is 841 g/mol. The number of hydrogen-bond acceptors (Lipinski definition) is 7. The molecule has 0 heterocycles. The van der Waals surface area contributed by atoms with Gasteiger partial charge in [-0.1, -0.05) is 153 Å². The Balaban J connectivity index is 1.81. The van der Waals surface area contributed by atoms with Crippen LogP contribution in [0.4, 0.5) is 0 Å².